The van der Waals surface area contributed by atoms with Crippen LogP contribution < -0.4 is 10.6 Å². The summed E-state index contributed by atoms with van der Waals surface area (Å²) in [5.74, 6) is 1.07. The first-order valence-electron chi connectivity index (χ1n) is 9.14. The van der Waals surface area contributed by atoms with Crippen LogP contribution >= 0.6 is 27.7 Å². The highest BCUT2D eigenvalue weighted by molar-refractivity contribution is 9.10. The van der Waals surface area contributed by atoms with Crippen LogP contribution in [0.5, 0.6) is 0 Å². The third-order valence-corrected chi connectivity index (χ3v) is 5.53. The highest BCUT2D eigenvalue weighted by Gasteiger charge is 2.13. The van der Waals surface area contributed by atoms with Crippen molar-refractivity contribution in [1.29, 1.82) is 0 Å². The molecule has 2 atom stereocenters. The average molecular weight is 475 g/mol. The Morgan fingerprint density at radius 1 is 1.07 bits per heavy atom. The number of aryl methyl sites for hydroxylation is 2. The molecule has 0 unspecified atom stereocenters. The summed E-state index contributed by atoms with van der Waals surface area (Å²) in [5, 5.41) is 16.8. The minimum absolute atomic E-state index is 0.147. The molecule has 0 amide bonds. The molecule has 0 aliphatic rings. The van der Waals surface area contributed by atoms with Crippen molar-refractivity contribution >= 4 is 45.1 Å². The van der Waals surface area contributed by atoms with Gasteiger partial charge in [0.25, 0.3) is 0 Å². The number of hydrogen-bond acceptors (Lipinski definition) is 8. The maximum atomic E-state index is 9.71. The second kappa shape index (κ2) is 9.51. The number of aromatic nitrogens is 4. The van der Waals surface area contributed by atoms with Crippen LogP contribution in [0.1, 0.15) is 25.2 Å². The molecule has 0 saturated carbocycles. The first-order chi connectivity index (χ1) is 13.8. The summed E-state index contributed by atoms with van der Waals surface area (Å²) >= 11 is 4.95. The fraction of sp³-hybridized carbons (Fsp3) is 0.300. The molecular weight excluding hydrogens is 452 g/mol. The predicted molar refractivity (Wildman–Crippen MR) is 120 cm³/mol. The zero-order valence-corrected chi connectivity index (χ0v) is 19.0. The van der Waals surface area contributed by atoms with E-state index in [1.165, 1.54) is 11.8 Å². The van der Waals surface area contributed by atoms with Crippen molar-refractivity contribution < 1.29 is 5.11 Å². The Balaban J connectivity index is 1.76. The lowest BCUT2D eigenvalue weighted by molar-refractivity contribution is 0.177. The van der Waals surface area contributed by atoms with Crippen molar-refractivity contribution in [2.75, 3.05) is 10.6 Å². The normalized spacial score (nSPS) is 13.0. The van der Waals surface area contributed by atoms with Crippen LogP contribution in [0, 0.1) is 13.8 Å². The minimum Gasteiger partial charge on any atom is -0.391 e. The average Bonchev–Trinajstić information content (AvgIpc) is 2.64. The molecule has 1 aromatic carbocycles. The van der Waals surface area contributed by atoms with Crippen LogP contribution in [-0.4, -0.2) is 37.2 Å². The van der Waals surface area contributed by atoms with E-state index < -0.39 is 6.10 Å². The number of halogens is 1. The lowest BCUT2D eigenvalue weighted by Gasteiger charge is -2.18. The van der Waals surface area contributed by atoms with E-state index in [-0.39, 0.29) is 6.04 Å². The number of aliphatic hydroxyl groups is 1. The maximum absolute atomic E-state index is 9.71. The topological polar surface area (TPSA) is 95.9 Å². The molecule has 9 heteroatoms. The molecule has 0 radical (unpaired) electrons. The van der Waals surface area contributed by atoms with E-state index in [4.69, 9.17) is 0 Å². The molecule has 0 aliphatic carbocycles. The van der Waals surface area contributed by atoms with Crippen LogP contribution in [0.2, 0.25) is 0 Å². The van der Waals surface area contributed by atoms with E-state index >= 15 is 0 Å². The van der Waals surface area contributed by atoms with E-state index in [2.05, 4.69) is 46.5 Å². The predicted octanol–water partition coefficient (Wildman–Crippen LogP) is 4.72. The molecule has 2 heterocycles. The van der Waals surface area contributed by atoms with Crippen molar-refractivity contribution in [3.05, 3.63) is 52.4 Å². The first-order valence-corrected chi connectivity index (χ1v) is 10.8. The van der Waals surface area contributed by atoms with E-state index in [0.717, 1.165) is 31.6 Å². The Kier molecular flexibility index (Phi) is 7.05. The third kappa shape index (κ3) is 6.12. The Hall–Kier alpha value is -2.23. The molecule has 29 heavy (non-hydrogen) atoms. The number of anilines is 3. The van der Waals surface area contributed by atoms with Crippen molar-refractivity contribution in [3.8, 4) is 0 Å². The molecular formula is C20H23BrN6OS. The van der Waals surface area contributed by atoms with E-state index in [9.17, 15) is 5.11 Å². The molecule has 0 saturated heterocycles. The van der Waals surface area contributed by atoms with Gasteiger partial charge in [-0.05, 0) is 79.7 Å². The van der Waals surface area contributed by atoms with Crippen molar-refractivity contribution in [3.63, 3.8) is 0 Å². The third-order valence-electron chi connectivity index (χ3n) is 4.09. The van der Waals surface area contributed by atoms with E-state index in [1.807, 2.05) is 51.1 Å². The fourth-order valence-corrected chi connectivity index (χ4v) is 3.70. The quantitative estimate of drug-likeness (QED) is 0.423. The van der Waals surface area contributed by atoms with Gasteiger partial charge in [0.05, 0.1) is 16.6 Å². The molecule has 7 nitrogen and oxygen atoms in total. The van der Waals surface area contributed by atoms with Gasteiger partial charge in [-0.3, -0.25) is 0 Å². The van der Waals surface area contributed by atoms with Crippen molar-refractivity contribution in [2.24, 2.45) is 0 Å². The summed E-state index contributed by atoms with van der Waals surface area (Å²) in [5.41, 5.74) is 2.75. The maximum Gasteiger partial charge on any atom is 0.229 e. The first kappa shape index (κ1) is 21.5. The molecule has 3 N–H and O–H groups in total. The zero-order valence-electron chi connectivity index (χ0n) is 16.6. The number of aliphatic hydroxyl groups excluding tert-OH is 1. The van der Waals surface area contributed by atoms with Crippen LogP contribution in [0.25, 0.3) is 0 Å². The number of benzene rings is 1. The molecule has 0 spiro atoms. The Labute approximate surface area is 182 Å². The summed E-state index contributed by atoms with van der Waals surface area (Å²) in [7, 11) is 0. The molecule has 2 aromatic heterocycles. The van der Waals surface area contributed by atoms with Crippen molar-refractivity contribution in [1.82, 2.24) is 19.9 Å². The van der Waals surface area contributed by atoms with Crippen LogP contribution in [0.4, 0.5) is 17.5 Å². The van der Waals surface area contributed by atoms with Crippen LogP contribution in [0.3, 0.4) is 0 Å². The number of nitrogens with one attached hydrogen (secondary N) is 2. The molecule has 152 valence electrons. The number of rotatable bonds is 7. The van der Waals surface area contributed by atoms with Gasteiger partial charge in [0.15, 0.2) is 5.16 Å². The van der Waals surface area contributed by atoms with Gasteiger partial charge in [-0.2, -0.15) is 4.98 Å². The largest absolute Gasteiger partial charge is 0.391 e. The Bertz CT molecular complexity index is 980. The van der Waals surface area contributed by atoms with Gasteiger partial charge in [0.2, 0.25) is 5.95 Å². The number of hydrogen-bond donors (Lipinski definition) is 3. The summed E-state index contributed by atoms with van der Waals surface area (Å²) in [6, 6.07) is 9.73. The second-order valence-electron chi connectivity index (χ2n) is 6.75. The lowest BCUT2D eigenvalue weighted by Crippen LogP contribution is -2.28. The molecule has 0 aliphatic heterocycles. The molecule has 3 rings (SSSR count). The smallest absolute Gasteiger partial charge is 0.229 e. The van der Waals surface area contributed by atoms with Gasteiger partial charge < -0.3 is 15.7 Å². The van der Waals surface area contributed by atoms with E-state index in [1.54, 1.807) is 13.1 Å². The molecule has 0 fully saturated rings. The fourth-order valence-electron chi connectivity index (χ4n) is 2.48. The highest BCUT2D eigenvalue weighted by Crippen LogP contribution is 2.29. The summed E-state index contributed by atoms with van der Waals surface area (Å²) in [6.45, 7) is 7.55. The number of nitrogens with zero attached hydrogens (tertiary/aromatic N) is 4. The summed E-state index contributed by atoms with van der Waals surface area (Å²) < 4.78 is 0.729. The Morgan fingerprint density at radius 2 is 1.79 bits per heavy atom. The highest BCUT2D eigenvalue weighted by atomic mass is 79.9. The van der Waals surface area contributed by atoms with Gasteiger partial charge in [0.1, 0.15) is 5.82 Å². The van der Waals surface area contributed by atoms with Gasteiger partial charge in [-0.1, -0.05) is 6.07 Å². The minimum atomic E-state index is -0.505. The SMILES string of the molecule is Cc1cc(C)nc(Sc2cccc(Nc3ncc(Br)c(N[C@H](C)[C@@H](C)O)n3)c2)n1. The van der Waals surface area contributed by atoms with Gasteiger partial charge in [0, 0.05) is 28.2 Å². The van der Waals surface area contributed by atoms with Gasteiger partial charge >= 0.3 is 0 Å². The Morgan fingerprint density at radius 3 is 2.48 bits per heavy atom. The molecule has 3 aromatic rings. The monoisotopic (exact) mass is 474 g/mol. The van der Waals surface area contributed by atoms with Crippen LogP contribution in [0.15, 0.2) is 51.1 Å². The van der Waals surface area contributed by atoms with Crippen LogP contribution in [-0.2, 0) is 0 Å². The van der Waals surface area contributed by atoms with Gasteiger partial charge in [-0.15, -0.1) is 0 Å². The van der Waals surface area contributed by atoms with Gasteiger partial charge in [-0.25, -0.2) is 15.0 Å². The second-order valence-corrected chi connectivity index (χ2v) is 8.65. The summed E-state index contributed by atoms with van der Waals surface area (Å²) in [4.78, 5) is 18.8. The van der Waals surface area contributed by atoms with Crippen molar-refractivity contribution in [2.45, 2.75) is 49.9 Å². The molecule has 0 bridgehead atoms. The lowest BCUT2D eigenvalue weighted by atomic mass is 10.2. The zero-order chi connectivity index (χ0) is 21.0. The van der Waals surface area contributed by atoms with E-state index in [0.29, 0.717) is 11.8 Å². The summed E-state index contributed by atoms with van der Waals surface area (Å²) in [6.07, 6.45) is 1.17. The standard InChI is InChI=1S/C20H23BrN6OS/c1-11-8-12(2)24-20(23-11)29-16-7-5-6-15(9-16)26-19-22-10-17(21)18(27-19)25-13(3)14(4)28/h5-10,13-14,28H,1-4H3,(H2,22,25,26,27)/t13-,14-/m1/s1.